The molecule has 1 N–H and O–H groups in total. The minimum Gasteiger partial charge on any atom is -0.489 e. The summed E-state index contributed by atoms with van der Waals surface area (Å²) in [5, 5.41) is 2.81. The van der Waals surface area contributed by atoms with Crippen LogP contribution in [-0.4, -0.2) is 33.2 Å². The summed E-state index contributed by atoms with van der Waals surface area (Å²) >= 11 is 0. The van der Waals surface area contributed by atoms with Gasteiger partial charge in [-0.2, -0.15) is 0 Å². The zero-order valence-corrected chi connectivity index (χ0v) is 21.1. The number of hydrogen-bond donors (Lipinski definition) is 1. The first kappa shape index (κ1) is 24.6. The Bertz CT molecular complexity index is 1300. The number of hydrogen-bond acceptors (Lipinski definition) is 5. The lowest BCUT2D eigenvalue weighted by molar-refractivity contribution is -0.122. The van der Waals surface area contributed by atoms with Crippen molar-refractivity contribution in [1.29, 1.82) is 0 Å². The highest BCUT2D eigenvalue weighted by atomic mass is 32.2. The third-order valence-corrected chi connectivity index (χ3v) is 6.90. The van der Waals surface area contributed by atoms with E-state index in [0.29, 0.717) is 29.5 Å². The molecule has 0 aliphatic carbocycles. The van der Waals surface area contributed by atoms with Crippen molar-refractivity contribution in [3.8, 4) is 11.5 Å². The van der Waals surface area contributed by atoms with Crippen molar-refractivity contribution in [2.24, 2.45) is 0 Å². The number of nitrogens with zero attached hydrogens (tertiary/aromatic N) is 1. The SMILES string of the molecule is CC(C)(C)c1ccc2c(c1)N(S(C)(=O)=O)CC(C(=O)Nc1ccc(OCc3ccccc3)cc1)O2. The van der Waals surface area contributed by atoms with E-state index in [-0.39, 0.29) is 12.0 Å². The molecule has 1 amide bonds. The number of anilines is 2. The van der Waals surface area contributed by atoms with Gasteiger partial charge in [0, 0.05) is 5.69 Å². The van der Waals surface area contributed by atoms with Crippen molar-refractivity contribution < 1.29 is 22.7 Å². The number of fused-ring (bicyclic) bond motifs is 1. The lowest BCUT2D eigenvalue weighted by Crippen LogP contribution is -2.48. The summed E-state index contributed by atoms with van der Waals surface area (Å²) in [4.78, 5) is 13.0. The molecule has 0 fully saturated rings. The number of nitrogens with one attached hydrogen (secondary N) is 1. The fraction of sp³-hybridized carbons (Fsp3) is 0.296. The van der Waals surface area contributed by atoms with Gasteiger partial charge in [0.2, 0.25) is 10.0 Å². The second-order valence-corrected chi connectivity index (χ2v) is 11.5. The van der Waals surface area contributed by atoms with E-state index in [4.69, 9.17) is 9.47 Å². The van der Waals surface area contributed by atoms with Crippen LogP contribution in [0.3, 0.4) is 0 Å². The van der Waals surface area contributed by atoms with Crippen molar-refractivity contribution >= 4 is 27.3 Å². The van der Waals surface area contributed by atoms with Crippen molar-refractivity contribution in [3.05, 3.63) is 83.9 Å². The molecule has 7 nitrogen and oxygen atoms in total. The number of carbonyl (C=O) groups is 1. The molecule has 1 aliphatic rings. The molecular formula is C27H30N2O5S. The summed E-state index contributed by atoms with van der Waals surface area (Å²) < 4.78 is 38.1. The van der Waals surface area contributed by atoms with E-state index >= 15 is 0 Å². The van der Waals surface area contributed by atoms with Crippen LogP contribution in [0.1, 0.15) is 31.9 Å². The van der Waals surface area contributed by atoms with Crippen LogP contribution in [0, 0.1) is 0 Å². The van der Waals surface area contributed by atoms with Crippen LogP contribution in [0.15, 0.2) is 72.8 Å². The molecule has 0 radical (unpaired) electrons. The third-order valence-electron chi connectivity index (χ3n) is 5.76. The van der Waals surface area contributed by atoms with Crippen molar-refractivity contribution in [3.63, 3.8) is 0 Å². The summed E-state index contributed by atoms with van der Waals surface area (Å²) in [6.45, 7) is 6.50. The number of carbonyl (C=O) groups excluding carboxylic acids is 1. The second-order valence-electron chi connectivity index (χ2n) is 9.62. The number of rotatable bonds is 6. The summed E-state index contributed by atoms with van der Waals surface area (Å²) in [5.41, 5.74) is 2.88. The molecule has 1 heterocycles. The molecule has 0 bridgehead atoms. The van der Waals surface area contributed by atoms with Gasteiger partial charge in [-0.05, 0) is 52.9 Å². The van der Waals surface area contributed by atoms with Crippen molar-refractivity contribution in [2.45, 2.75) is 38.9 Å². The van der Waals surface area contributed by atoms with Crippen molar-refractivity contribution in [1.82, 2.24) is 0 Å². The molecule has 3 aromatic rings. The van der Waals surface area contributed by atoms with E-state index in [0.717, 1.165) is 17.4 Å². The number of amides is 1. The first-order valence-electron chi connectivity index (χ1n) is 11.4. The highest BCUT2D eigenvalue weighted by Gasteiger charge is 2.36. The number of sulfonamides is 1. The van der Waals surface area contributed by atoms with Gasteiger partial charge in [-0.1, -0.05) is 57.2 Å². The fourth-order valence-electron chi connectivity index (χ4n) is 3.77. The summed E-state index contributed by atoms with van der Waals surface area (Å²) in [6.07, 6.45) is 0.140. The molecule has 1 aliphatic heterocycles. The fourth-order valence-corrected chi connectivity index (χ4v) is 4.67. The summed E-state index contributed by atoms with van der Waals surface area (Å²) in [6, 6.07) is 22.3. The average Bonchev–Trinajstić information content (AvgIpc) is 2.82. The Morgan fingerprint density at radius 1 is 1.06 bits per heavy atom. The smallest absolute Gasteiger partial charge is 0.267 e. The maximum absolute atomic E-state index is 13.0. The Kier molecular flexibility index (Phi) is 6.76. The predicted molar refractivity (Wildman–Crippen MR) is 138 cm³/mol. The lowest BCUT2D eigenvalue weighted by atomic mass is 9.86. The van der Waals surface area contributed by atoms with E-state index in [1.165, 1.54) is 4.31 Å². The van der Waals surface area contributed by atoms with Crippen LogP contribution < -0.4 is 19.1 Å². The molecule has 3 aromatic carbocycles. The maximum Gasteiger partial charge on any atom is 0.267 e. The number of benzene rings is 3. The Balaban J connectivity index is 1.46. The Hall–Kier alpha value is -3.52. The van der Waals surface area contributed by atoms with E-state index in [1.54, 1.807) is 30.3 Å². The van der Waals surface area contributed by atoms with Gasteiger partial charge in [0.25, 0.3) is 5.91 Å². The van der Waals surface area contributed by atoms with E-state index in [2.05, 4.69) is 26.1 Å². The molecule has 184 valence electrons. The average molecular weight is 495 g/mol. The highest BCUT2D eigenvalue weighted by molar-refractivity contribution is 7.92. The van der Waals surface area contributed by atoms with Crippen LogP contribution in [0.5, 0.6) is 11.5 Å². The van der Waals surface area contributed by atoms with Gasteiger partial charge >= 0.3 is 0 Å². The zero-order chi connectivity index (χ0) is 25.2. The van der Waals surface area contributed by atoms with Gasteiger partial charge in [0.1, 0.15) is 18.1 Å². The van der Waals surface area contributed by atoms with Gasteiger partial charge < -0.3 is 14.8 Å². The highest BCUT2D eigenvalue weighted by Crippen LogP contribution is 2.38. The quantitative estimate of drug-likeness (QED) is 0.536. The zero-order valence-electron chi connectivity index (χ0n) is 20.3. The lowest BCUT2D eigenvalue weighted by Gasteiger charge is -2.35. The van der Waals surface area contributed by atoms with Crippen LogP contribution >= 0.6 is 0 Å². The first-order chi connectivity index (χ1) is 16.5. The minimum atomic E-state index is -3.62. The molecule has 0 aromatic heterocycles. The van der Waals surface area contributed by atoms with Crippen LogP contribution in [-0.2, 0) is 26.8 Å². The van der Waals surface area contributed by atoms with Gasteiger partial charge in [-0.25, -0.2) is 8.42 Å². The second kappa shape index (κ2) is 9.62. The first-order valence-corrected chi connectivity index (χ1v) is 13.2. The normalized spacial score (nSPS) is 15.7. The molecule has 1 unspecified atom stereocenters. The maximum atomic E-state index is 13.0. The molecule has 35 heavy (non-hydrogen) atoms. The van der Waals surface area contributed by atoms with E-state index in [1.807, 2.05) is 42.5 Å². The van der Waals surface area contributed by atoms with Crippen LogP contribution in [0.2, 0.25) is 0 Å². The standard InChI is InChI=1S/C27H30N2O5S/c1-27(2,3)20-10-15-24-23(16-20)29(35(4,31)32)17-25(34-24)26(30)28-21-11-13-22(14-12-21)33-18-19-8-6-5-7-9-19/h5-16,25H,17-18H2,1-4H3,(H,28,30). The largest absolute Gasteiger partial charge is 0.489 e. The topological polar surface area (TPSA) is 84.9 Å². The van der Waals surface area contributed by atoms with Gasteiger partial charge in [-0.3, -0.25) is 9.10 Å². The van der Waals surface area contributed by atoms with Crippen LogP contribution in [0.4, 0.5) is 11.4 Å². The molecule has 8 heteroatoms. The molecule has 0 saturated heterocycles. The van der Waals surface area contributed by atoms with Crippen molar-refractivity contribution in [2.75, 3.05) is 22.4 Å². The molecule has 0 spiro atoms. The summed E-state index contributed by atoms with van der Waals surface area (Å²) in [5.74, 6) is 0.606. The van der Waals surface area contributed by atoms with Gasteiger partial charge in [0.05, 0.1) is 18.5 Å². The summed E-state index contributed by atoms with van der Waals surface area (Å²) in [7, 11) is -3.62. The minimum absolute atomic E-state index is 0.108. The molecule has 4 rings (SSSR count). The predicted octanol–water partition coefficient (Wildman–Crippen LogP) is 4.73. The van der Waals surface area contributed by atoms with E-state index in [9.17, 15) is 13.2 Å². The van der Waals surface area contributed by atoms with Gasteiger partial charge in [0.15, 0.2) is 6.10 Å². The Morgan fingerprint density at radius 3 is 2.37 bits per heavy atom. The van der Waals surface area contributed by atoms with Gasteiger partial charge in [-0.15, -0.1) is 0 Å². The Labute approximate surface area is 206 Å². The monoisotopic (exact) mass is 494 g/mol. The third kappa shape index (κ3) is 5.95. The van der Waals surface area contributed by atoms with Crippen LogP contribution in [0.25, 0.3) is 0 Å². The molecule has 1 atom stereocenters. The van der Waals surface area contributed by atoms with E-state index < -0.39 is 22.0 Å². The molecule has 0 saturated carbocycles. The Morgan fingerprint density at radius 2 is 1.74 bits per heavy atom. The number of ether oxygens (including phenoxy) is 2. The molecular weight excluding hydrogens is 464 g/mol.